The lowest BCUT2D eigenvalue weighted by Gasteiger charge is -2.34. The molecule has 1 saturated heterocycles. The zero-order valence-corrected chi connectivity index (χ0v) is 17.8. The third-order valence-electron chi connectivity index (χ3n) is 5.38. The van der Waals surface area contributed by atoms with E-state index in [-0.39, 0.29) is 0 Å². The van der Waals surface area contributed by atoms with Gasteiger partial charge in [0.2, 0.25) is 5.88 Å². The summed E-state index contributed by atoms with van der Waals surface area (Å²) in [7, 11) is 0. The molecule has 7 nitrogen and oxygen atoms in total. The van der Waals surface area contributed by atoms with E-state index >= 15 is 0 Å². The number of fused-ring (bicyclic) bond motifs is 1. The van der Waals surface area contributed by atoms with Crippen molar-refractivity contribution in [2.45, 2.75) is 13.2 Å². The van der Waals surface area contributed by atoms with Gasteiger partial charge in [-0.05, 0) is 29.8 Å². The fourth-order valence-corrected chi connectivity index (χ4v) is 3.98. The average molecular weight is 435 g/mol. The van der Waals surface area contributed by atoms with E-state index in [0.29, 0.717) is 17.5 Å². The van der Waals surface area contributed by atoms with Gasteiger partial charge in [0.15, 0.2) is 5.82 Å². The van der Waals surface area contributed by atoms with Gasteiger partial charge in [0.05, 0.1) is 30.0 Å². The number of halogens is 1. The fraction of sp³-hybridized carbons (Fsp3) is 0.261. The second-order valence-electron chi connectivity index (χ2n) is 7.60. The van der Waals surface area contributed by atoms with Crippen LogP contribution in [0, 0.1) is 0 Å². The molecule has 0 aliphatic carbocycles. The highest BCUT2D eigenvalue weighted by molar-refractivity contribution is 6.30. The zero-order chi connectivity index (χ0) is 21.0. The van der Waals surface area contributed by atoms with Crippen LogP contribution in [0.2, 0.25) is 5.02 Å². The molecule has 0 spiro atoms. The number of aromatic nitrogens is 4. The third kappa shape index (κ3) is 4.78. The van der Waals surface area contributed by atoms with Crippen molar-refractivity contribution in [2.75, 3.05) is 31.1 Å². The number of anilines is 1. The predicted molar refractivity (Wildman–Crippen MR) is 121 cm³/mol. The van der Waals surface area contributed by atoms with Crippen LogP contribution in [-0.4, -0.2) is 51.0 Å². The molecular formula is C23H23ClN6O. The molecule has 2 aromatic carbocycles. The van der Waals surface area contributed by atoms with Crippen LogP contribution in [0.25, 0.3) is 11.0 Å². The Hall–Kier alpha value is -3.16. The van der Waals surface area contributed by atoms with Crippen molar-refractivity contribution < 1.29 is 4.74 Å². The molecule has 3 heterocycles. The van der Waals surface area contributed by atoms with Gasteiger partial charge >= 0.3 is 0 Å². The maximum absolute atomic E-state index is 6.04. The van der Waals surface area contributed by atoms with E-state index in [0.717, 1.165) is 61.0 Å². The number of hydrogen-bond donors (Lipinski definition) is 1. The average Bonchev–Trinajstić information content (AvgIpc) is 3.21. The Morgan fingerprint density at radius 1 is 0.968 bits per heavy atom. The van der Waals surface area contributed by atoms with Gasteiger partial charge in [0, 0.05) is 31.2 Å². The van der Waals surface area contributed by atoms with Crippen molar-refractivity contribution >= 4 is 28.5 Å². The van der Waals surface area contributed by atoms with Crippen molar-refractivity contribution in [1.29, 1.82) is 0 Å². The number of hydrogen-bond acceptors (Lipinski definition) is 6. The largest absolute Gasteiger partial charge is 0.472 e. The first-order chi connectivity index (χ1) is 15.2. The quantitative estimate of drug-likeness (QED) is 0.496. The molecule has 31 heavy (non-hydrogen) atoms. The van der Waals surface area contributed by atoms with Crippen LogP contribution in [-0.2, 0) is 13.2 Å². The number of H-pyrrole nitrogens is 1. The normalized spacial score (nSPS) is 14.8. The molecule has 0 atom stereocenters. The van der Waals surface area contributed by atoms with Crippen molar-refractivity contribution in [3.8, 4) is 5.88 Å². The van der Waals surface area contributed by atoms with Gasteiger partial charge in [-0.15, -0.1) is 0 Å². The Morgan fingerprint density at radius 2 is 1.84 bits per heavy atom. The molecule has 158 valence electrons. The Labute approximate surface area is 185 Å². The van der Waals surface area contributed by atoms with Gasteiger partial charge in [-0.25, -0.2) is 4.98 Å². The minimum atomic E-state index is 0.407. The summed E-state index contributed by atoms with van der Waals surface area (Å²) in [4.78, 5) is 21.7. The second-order valence-corrected chi connectivity index (χ2v) is 8.03. The molecule has 0 amide bonds. The van der Waals surface area contributed by atoms with Gasteiger partial charge in [0.25, 0.3) is 0 Å². The summed E-state index contributed by atoms with van der Waals surface area (Å²) in [6, 6.07) is 15.8. The summed E-state index contributed by atoms with van der Waals surface area (Å²) in [6.45, 7) is 4.86. The molecule has 0 bridgehead atoms. The van der Waals surface area contributed by atoms with Crippen LogP contribution in [0.1, 0.15) is 11.4 Å². The first-order valence-electron chi connectivity index (χ1n) is 10.3. The number of imidazole rings is 1. The summed E-state index contributed by atoms with van der Waals surface area (Å²) in [6.07, 6.45) is 3.44. The lowest BCUT2D eigenvalue weighted by Crippen LogP contribution is -2.46. The fourth-order valence-electron chi connectivity index (χ4n) is 3.77. The van der Waals surface area contributed by atoms with E-state index < -0.39 is 0 Å². The minimum Gasteiger partial charge on any atom is -0.472 e. The highest BCUT2D eigenvalue weighted by Crippen LogP contribution is 2.19. The van der Waals surface area contributed by atoms with Crippen molar-refractivity contribution in [1.82, 2.24) is 24.8 Å². The Bertz CT molecular complexity index is 1140. The molecule has 0 saturated carbocycles. The first-order valence-corrected chi connectivity index (χ1v) is 10.7. The van der Waals surface area contributed by atoms with Gasteiger partial charge in [-0.1, -0.05) is 35.9 Å². The number of rotatable bonds is 6. The summed E-state index contributed by atoms with van der Waals surface area (Å²) in [5.41, 5.74) is 3.10. The summed E-state index contributed by atoms with van der Waals surface area (Å²) >= 11 is 6.04. The van der Waals surface area contributed by atoms with Gasteiger partial charge in [0.1, 0.15) is 12.4 Å². The molecule has 5 rings (SSSR count). The predicted octanol–water partition coefficient (Wildman–Crippen LogP) is 3.91. The van der Waals surface area contributed by atoms with E-state index in [9.17, 15) is 0 Å². The molecule has 1 aliphatic heterocycles. The maximum Gasteiger partial charge on any atom is 0.234 e. The topological polar surface area (TPSA) is 70.2 Å². The molecule has 0 unspecified atom stereocenters. The van der Waals surface area contributed by atoms with Crippen LogP contribution >= 0.6 is 11.6 Å². The third-order valence-corrected chi connectivity index (χ3v) is 5.62. The van der Waals surface area contributed by atoms with Crippen molar-refractivity contribution in [3.05, 3.63) is 77.3 Å². The summed E-state index contributed by atoms with van der Waals surface area (Å²) in [5.74, 6) is 2.36. The number of nitrogens with zero attached hydrogens (tertiary/aromatic N) is 5. The Morgan fingerprint density at radius 3 is 2.68 bits per heavy atom. The van der Waals surface area contributed by atoms with Gasteiger partial charge < -0.3 is 14.6 Å². The van der Waals surface area contributed by atoms with E-state index in [1.54, 1.807) is 12.4 Å². The lowest BCUT2D eigenvalue weighted by molar-refractivity contribution is 0.243. The van der Waals surface area contributed by atoms with E-state index in [1.807, 2.05) is 42.5 Å². The van der Waals surface area contributed by atoms with E-state index in [2.05, 4.69) is 35.8 Å². The van der Waals surface area contributed by atoms with Gasteiger partial charge in [-0.3, -0.25) is 9.88 Å². The van der Waals surface area contributed by atoms with Crippen LogP contribution in [0.3, 0.4) is 0 Å². The SMILES string of the molecule is Clc1cccc(COc2cncc(N3CCN(Cc4nc5ccccc5[nH]4)CC3)n2)c1. The number of benzene rings is 2. The number of para-hydroxylation sites is 2. The smallest absolute Gasteiger partial charge is 0.234 e. The Kier molecular flexibility index (Phi) is 5.69. The first kappa shape index (κ1) is 19.8. The van der Waals surface area contributed by atoms with Crippen LogP contribution < -0.4 is 9.64 Å². The van der Waals surface area contributed by atoms with Crippen LogP contribution in [0.15, 0.2) is 60.9 Å². The van der Waals surface area contributed by atoms with Crippen LogP contribution in [0.4, 0.5) is 5.82 Å². The molecular weight excluding hydrogens is 412 g/mol. The molecule has 1 aliphatic rings. The summed E-state index contributed by atoms with van der Waals surface area (Å²) < 4.78 is 5.83. The molecule has 0 radical (unpaired) electrons. The highest BCUT2D eigenvalue weighted by atomic mass is 35.5. The zero-order valence-electron chi connectivity index (χ0n) is 17.0. The Balaban J connectivity index is 1.17. The number of ether oxygens (including phenoxy) is 1. The van der Waals surface area contributed by atoms with E-state index in [4.69, 9.17) is 16.3 Å². The lowest BCUT2D eigenvalue weighted by atomic mass is 10.2. The van der Waals surface area contributed by atoms with E-state index in [1.165, 1.54) is 0 Å². The van der Waals surface area contributed by atoms with Crippen LogP contribution in [0.5, 0.6) is 5.88 Å². The summed E-state index contributed by atoms with van der Waals surface area (Å²) in [5, 5.41) is 0.696. The number of nitrogens with one attached hydrogen (secondary N) is 1. The number of aromatic amines is 1. The monoisotopic (exact) mass is 434 g/mol. The highest BCUT2D eigenvalue weighted by Gasteiger charge is 2.20. The molecule has 1 N–H and O–H groups in total. The maximum atomic E-state index is 6.04. The second kappa shape index (κ2) is 8.91. The minimum absolute atomic E-state index is 0.407. The molecule has 2 aromatic heterocycles. The number of piperazine rings is 1. The van der Waals surface area contributed by atoms with Crippen molar-refractivity contribution in [3.63, 3.8) is 0 Å². The molecule has 8 heteroatoms. The standard InChI is InChI=1S/C23H23ClN6O/c24-18-5-3-4-17(12-18)16-31-23-14-25-13-22(28-23)30-10-8-29(9-11-30)15-21-26-19-6-1-2-7-20(19)27-21/h1-7,12-14H,8-11,15-16H2,(H,26,27). The van der Waals surface area contributed by atoms with Crippen molar-refractivity contribution in [2.24, 2.45) is 0 Å². The molecule has 1 fully saturated rings. The molecule has 4 aromatic rings. The van der Waals surface area contributed by atoms with Gasteiger partial charge in [-0.2, -0.15) is 4.98 Å².